The Morgan fingerprint density at radius 2 is 1.94 bits per heavy atom. The molecule has 0 fully saturated rings. The lowest BCUT2D eigenvalue weighted by Crippen LogP contribution is -2.24. The molecule has 0 aliphatic rings. The number of hydrogen-bond acceptors (Lipinski definition) is 5. The maximum atomic E-state index is 13.8. The number of amides is 1. The molecule has 0 bridgehead atoms. The topological polar surface area (TPSA) is 76.3 Å². The fraction of sp³-hybridized carbons (Fsp3) is 0.0435. The van der Waals surface area contributed by atoms with Gasteiger partial charge in [-0.25, -0.2) is 14.8 Å². The minimum Gasteiger partial charge on any atom is -0.272 e. The van der Waals surface area contributed by atoms with E-state index in [9.17, 15) is 14.0 Å². The maximum absolute atomic E-state index is 13.8. The lowest BCUT2D eigenvalue weighted by atomic mass is 10.2. The van der Waals surface area contributed by atoms with Gasteiger partial charge in [0.05, 0.1) is 28.6 Å². The fourth-order valence-electron chi connectivity index (χ4n) is 2.98. The van der Waals surface area contributed by atoms with Gasteiger partial charge in [0.2, 0.25) is 0 Å². The highest BCUT2D eigenvalue weighted by Crippen LogP contribution is 2.22. The Balaban J connectivity index is 1.56. The van der Waals surface area contributed by atoms with Gasteiger partial charge in [-0.3, -0.25) is 14.2 Å². The van der Waals surface area contributed by atoms with Crippen LogP contribution in [-0.2, 0) is 4.79 Å². The van der Waals surface area contributed by atoms with Gasteiger partial charge < -0.3 is 0 Å². The average Bonchev–Trinajstić information content (AvgIpc) is 2.81. The van der Waals surface area contributed by atoms with E-state index in [1.807, 2.05) is 0 Å². The van der Waals surface area contributed by atoms with Crippen LogP contribution >= 0.6 is 39.3 Å². The highest BCUT2D eigenvalue weighted by Gasteiger charge is 2.14. The summed E-state index contributed by atoms with van der Waals surface area (Å²) >= 11 is 10.3. The monoisotopic (exact) mass is 544 g/mol. The first kappa shape index (κ1) is 23.2. The van der Waals surface area contributed by atoms with Crippen LogP contribution in [0.2, 0.25) is 5.02 Å². The number of fused-ring (bicyclic) bond motifs is 1. The largest absolute Gasteiger partial charge is 0.272 e. The Labute approximate surface area is 205 Å². The zero-order valence-electron chi connectivity index (χ0n) is 16.8. The predicted molar refractivity (Wildman–Crippen MR) is 133 cm³/mol. The van der Waals surface area contributed by atoms with E-state index in [1.54, 1.807) is 60.7 Å². The number of hydrazone groups is 1. The molecule has 33 heavy (non-hydrogen) atoms. The molecule has 1 heterocycles. The summed E-state index contributed by atoms with van der Waals surface area (Å²) in [5.41, 5.74) is 3.44. The molecule has 6 nitrogen and oxygen atoms in total. The van der Waals surface area contributed by atoms with E-state index < -0.39 is 11.7 Å². The van der Waals surface area contributed by atoms with Gasteiger partial charge in [0.15, 0.2) is 5.16 Å². The molecule has 0 aliphatic carbocycles. The van der Waals surface area contributed by atoms with Gasteiger partial charge in [0.1, 0.15) is 5.82 Å². The Morgan fingerprint density at radius 3 is 2.73 bits per heavy atom. The molecule has 1 aromatic heterocycles. The van der Waals surface area contributed by atoms with Crippen LogP contribution in [0.4, 0.5) is 4.39 Å². The molecule has 0 atom stereocenters. The molecule has 1 amide bonds. The smallest absolute Gasteiger partial charge is 0.266 e. The van der Waals surface area contributed by atoms with Crippen LogP contribution in [0.3, 0.4) is 0 Å². The van der Waals surface area contributed by atoms with E-state index in [0.717, 1.165) is 11.8 Å². The van der Waals surface area contributed by atoms with Crippen LogP contribution in [0.25, 0.3) is 16.6 Å². The van der Waals surface area contributed by atoms with Crippen molar-refractivity contribution >= 4 is 62.3 Å². The van der Waals surface area contributed by atoms with Crippen LogP contribution in [-0.4, -0.2) is 27.4 Å². The number of thioether (sulfide) groups is 1. The summed E-state index contributed by atoms with van der Waals surface area (Å²) in [5.74, 6) is -0.953. The minimum atomic E-state index is -0.460. The Kier molecular flexibility index (Phi) is 7.22. The number of carbonyl (C=O) groups excluding carboxylic acids is 1. The number of carbonyl (C=O) groups is 1. The molecule has 0 saturated carbocycles. The standard InChI is InChI=1S/C23H15BrClFN4O2S/c24-15-5-10-19(26)14(11-15)12-27-29-21(31)13-33-23-28-20-4-2-1-3-18(20)22(32)30(23)17-8-6-16(25)7-9-17/h1-12H,13H2,(H,29,31)/b27-12+. The lowest BCUT2D eigenvalue weighted by Gasteiger charge is -2.13. The van der Waals surface area contributed by atoms with Gasteiger partial charge >= 0.3 is 0 Å². The van der Waals surface area contributed by atoms with Crippen molar-refractivity contribution in [3.05, 3.63) is 98.0 Å². The normalized spacial score (nSPS) is 11.2. The van der Waals surface area contributed by atoms with E-state index in [4.69, 9.17) is 11.6 Å². The number of halogens is 3. The second-order valence-corrected chi connectivity index (χ2v) is 9.07. The Hall–Kier alpha value is -3.01. The first-order valence-corrected chi connectivity index (χ1v) is 11.8. The number of nitrogens with zero attached hydrogens (tertiary/aromatic N) is 3. The lowest BCUT2D eigenvalue weighted by molar-refractivity contribution is -0.118. The first-order chi connectivity index (χ1) is 15.9. The molecule has 0 radical (unpaired) electrons. The SMILES string of the molecule is O=C(CSc1nc2ccccc2c(=O)n1-c1ccc(Cl)cc1)N/N=C/c1cc(Br)ccc1F. The van der Waals surface area contributed by atoms with Gasteiger partial charge in [0, 0.05) is 15.1 Å². The predicted octanol–water partition coefficient (Wildman–Crippen LogP) is 5.18. The van der Waals surface area contributed by atoms with Crippen molar-refractivity contribution in [3.63, 3.8) is 0 Å². The second-order valence-electron chi connectivity index (χ2n) is 6.78. The molecule has 4 rings (SSSR count). The van der Waals surface area contributed by atoms with Crippen molar-refractivity contribution in [2.45, 2.75) is 5.16 Å². The summed E-state index contributed by atoms with van der Waals surface area (Å²) in [4.78, 5) is 30.1. The molecular formula is C23H15BrClFN4O2S. The van der Waals surface area contributed by atoms with Crippen LogP contribution in [0.15, 0.2) is 86.3 Å². The number of aromatic nitrogens is 2. The molecule has 0 spiro atoms. The number of benzene rings is 3. The van der Waals surface area contributed by atoms with Crippen molar-refractivity contribution in [1.82, 2.24) is 15.0 Å². The molecule has 166 valence electrons. The maximum Gasteiger partial charge on any atom is 0.266 e. The van der Waals surface area contributed by atoms with E-state index in [0.29, 0.717) is 31.2 Å². The molecule has 0 unspecified atom stereocenters. The van der Waals surface area contributed by atoms with Gasteiger partial charge in [-0.15, -0.1) is 0 Å². The van der Waals surface area contributed by atoms with Gasteiger partial charge in [0.25, 0.3) is 11.5 Å². The van der Waals surface area contributed by atoms with E-state index >= 15 is 0 Å². The molecule has 4 aromatic rings. The van der Waals surface area contributed by atoms with Crippen molar-refractivity contribution in [2.24, 2.45) is 5.10 Å². The summed E-state index contributed by atoms with van der Waals surface area (Å²) in [7, 11) is 0. The molecular weight excluding hydrogens is 531 g/mol. The van der Waals surface area contributed by atoms with E-state index in [-0.39, 0.29) is 16.9 Å². The number of para-hydroxylation sites is 1. The first-order valence-electron chi connectivity index (χ1n) is 9.60. The third kappa shape index (κ3) is 5.50. The van der Waals surface area contributed by atoms with Gasteiger partial charge in [-0.05, 0) is 54.6 Å². The minimum absolute atomic E-state index is 0.0589. The second kappa shape index (κ2) is 10.3. The van der Waals surface area contributed by atoms with Gasteiger partial charge in [-0.2, -0.15) is 5.10 Å². The van der Waals surface area contributed by atoms with Crippen LogP contribution in [0, 0.1) is 5.82 Å². The van der Waals surface area contributed by atoms with E-state index in [2.05, 4.69) is 31.4 Å². The summed E-state index contributed by atoms with van der Waals surface area (Å²) in [5, 5.41) is 5.15. The van der Waals surface area contributed by atoms with Crippen LogP contribution in [0.1, 0.15) is 5.56 Å². The molecule has 3 aromatic carbocycles. The summed E-state index contributed by atoms with van der Waals surface area (Å²) in [6.07, 6.45) is 1.22. The van der Waals surface area contributed by atoms with Gasteiger partial charge in [-0.1, -0.05) is 51.4 Å². The summed E-state index contributed by atoms with van der Waals surface area (Å²) < 4.78 is 15.9. The molecule has 10 heteroatoms. The van der Waals surface area contributed by atoms with Crippen LogP contribution < -0.4 is 11.0 Å². The van der Waals surface area contributed by atoms with Crippen molar-refractivity contribution in [3.8, 4) is 5.69 Å². The zero-order chi connectivity index (χ0) is 23.4. The highest BCUT2D eigenvalue weighted by molar-refractivity contribution is 9.10. The summed E-state index contributed by atoms with van der Waals surface area (Å²) in [6.45, 7) is 0. The van der Waals surface area contributed by atoms with E-state index in [1.165, 1.54) is 16.8 Å². The summed E-state index contributed by atoms with van der Waals surface area (Å²) in [6, 6.07) is 18.2. The number of hydrogen-bond donors (Lipinski definition) is 1. The Morgan fingerprint density at radius 1 is 1.18 bits per heavy atom. The average molecular weight is 546 g/mol. The molecule has 0 saturated heterocycles. The highest BCUT2D eigenvalue weighted by atomic mass is 79.9. The molecule has 0 aliphatic heterocycles. The van der Waals surface area contributed by atoms with Crippen molar-refractivity contribution in [2.75, 3.05) is 5.75 Å². The zero-order valence-corrected chi connectivity index (χ0v) is 20.0. The third-order valence-electron chi connectivity index (χ3n) is 4.51. The third-order valence-corrected chi connectivity index (χ3v) is 6.20. The molecule has 1 N–H and O–H groups in total. The Bertz CT molecular complexity index is 1430. The number of rotatable bonds is 6. The van der Waals surface area contributed by atoms with Crippen molar-refractivity contribution in [1.29, 1.82) is 0 Å². The fourth-order valence-corrected chi connectivity index (χ4v) is 4.29. The van der Waals surface area contributed by atoms with Crippen molar-refractivity contribution < 1.29 is 9.18 Å². The van der Waals surface area contributed by atoms with Crippen LogP contribution in [0.5, 0.6) is 0 Å². The quantitative estimate of drug-likeness (QED) is 0.157. The number of nitrogens with one attached hydrogen (secondary N) is 1.